The van der Waals surface area contributed by atoms with E-state index in [1.807, 2.05) is 0 Å². The van der Waals surface area contributed by atoms with Gasteiger partial charge in [-0.3, -0.25) is 14.9 Å². The van der Waals surface area contributed by atoms with Gasteiger partial charge < -0.3 is 10.5 Å². The zero-order valence-electron chi connectivity index (χ0n) is 7.39. The molecule has 6 nitrogen and oxygen atoms in total. The summed E-state index contributed by atoms with van der Waals surface area (Å²) in [7, 11) is 0. The third kappa shape index (κ3) is 2.44. The fourth-order valence-corrected chi connectivity index (χ4v) is 0.936. The number of rotatable bonds is 2. The Labute approximate surface area is 79.4 Å². The number of nitrogens with two attached hydrogens (primary N) is 1. The van der Waals surface area contributed by atoms with Crippen molar-refractivity contribution in [2.75, 3.05) is 5.73 Å². The van der Waals surface area contributed by atoms with Gasteiger partial charge in [0.15, 0.2) is 0 Å². The maximum absolute atomic E-state index is 10.6. The number of nitrogen functional groups attached to an aromatic ring is 1. The molecule has 1 rings (SSSR count). The van der Waals surface area contributed by atoms with Gasteiger partial charge in [0.05, 0.1) is 11.0 Å². The van der Waals surface area contributed by atoms with Crippen LogP contribution in [-0.4, -0.2) is 10.9 Å². The van der Waals surface area contributed by atoms with Crippen molar-refractivity contribution in [1.82, 2.24) is 0 Å². The molecule has 6 heteroatoms. The second-order valence-corrected chi connectivity index (χ2v) is 2.61. The van der Waals surface area contributed by atoms with Crippen molar-refractivity contribution in [3.63, 3.8) is 0 Å². The minimum absolute atomic E-state index is 0.0733. The van der Waals surface area contributed by atoms with E-state index in [0.29, 0.717) is 0 Å². The lowest BCUT2D eigenvalue weighted by atomic mass is 10.2. The number of hydrogen-bond donors (Lipinski definition) is 1. The van der Waals surface area contributed by atoms with Crippen LogP contribution in [0.3, 0.4) is 0 Å². The van der Waals surface area contributed by atoms with Gasteiger partial charge in [0.1, 0.15) is 5.75 Å². The zero-order chi connectivity index (χ0) is 10.7. The highest BCUT2D eigenvalue weighted by Gasteiger charge is 2.10. The molecule has 0 radical (unpaired) electrons. The van der Waals surface area contributed by atoms with E-state index in [0.717, 1.165) is 6.07 Å². The number of hydrogen-bond acceptors (Lipinski definition) is 5. The van der Waals surface area contributed by atoms with E-state index in [-0.39, 0.29) is 17.1 Å². The topological polar surface area (TPSA) is 95.5 Å². The molecule has 0 aromatic heterocycles. The number of ether oxygens (including phenoxy) is 1. The van der Waals surface area contributed by atoms with Crippen LogP contribution >= 0.6 is 0 Å². The van der Waals surface area contributed by atoms with Crippen LogP contribution in [0.4, 0.5) is 11.4 Å². The van der Waals surface area contributed by atoms with Crippen LogP contribution in [0.25, 0.3) is 0 Å². The van der Waals surface area contributed by atoms with Crippen molar-refractivity contribution >= 4 is 17.3 Å². The normalized spacial score (nSPS) is 9.50. The molecule has 74 valence electrons. The van der Waals surface area contributed by atoms with Gasteiger partial charge in [-0.15, -0.1) is 0 Å². The fourth-order valence-electron chi connectivity index (χ4n) is 0.936. The molecule has 0 saturated heterocycles. The van der Waals surface area contributed by atoms with Crippen LogP contribution in [0.1, 0.15) is 6.92 Å². The number of carbonyl (C=O) groups is 1. The Kier molecular flexibility index (Phi) is 2.66. The molecule has 2 N–H and O–H groups in total. The molecule has 0 heterocycles. The highest BCUT2D eigenvalue weighted by atomic mass is 16.6. The van der Waals surface area contributed by atoms with Crippen molar-refractivity contribution in [2.45, 2.75) is 6.92 Å². The number of nitro benzene ring substituents is 1. The Morgan fingerprint density at radius 1 is 1.50 bits per heavy atom. The third-order valence-corrected chi connectivity index (χ3v) is 1.39. The van der Waals surface area contributed by atoms with Gasteiger partial charge in [0.2, 0.25) is 0 Å². The second kappa shape index (κ2) is 3.73. The van der Waals surface area contributed by atoms with Gasteiger partial charge in [-0.1, -0.05) is 0 Å². The average Bonchev–Trinajstić information content (AvgIpc) is 2.01. The molecule has 1 aromatic rings. The number of nitrogens with zero attached hydrogens (tertiary/aromatic N) is 1. The van der Waals surface area contributed by atoms with Gasteiger partial charge >= 0.3 is 5.97 Å². The Bertz CT molecular complexity index is 389. The molecule has 0 bridgehead atoms. The SMILES string of the molecule is CC(=O)Oc1cc(N)cc([N+](=O)[O-])c1. The summed E-state index contributed by atoms with van der Waals surface area (Å²) in [6.07, 6.45) is 0. The molecule has 0 aliphatic heterocycles. The molecule has 0 aliphatic rings. The molecule has 0 fully saturated rings. The van der Waals surface area contributed by atoms with E-state index < -0.39 is 10.9 Å². The van der Waals surface area contributed by atoms with Crippen LogP contribution in [0.2, 0.25) is 0 Å². The Morgan fingerprint density at radius 2 is 2.14 bits per heavy atom. The number of esters is 1. The fraction of sp³-hybridized carbons (Fsp3) is 0.125. The van der Waals surface area contributed by atoms with Crippen LogP contribution in [0, 0.1) is 10.1 Å². The number of anilines is 1. The maximum atomic E-state index is 10.6. The van der Waals surface area contributed by atoms with Crippen molar-refractivity contribution in [1.29, 1.82) is 0 Å². The van der Waals surface area contributed by atoms with Crippen LogP contribution in [-0.2, 0) is 4.79 Å². The van der Waals surface area contributed by atoms with Crippen LogP contribution in [0.5, 0.6) is 5.75 Å². The Hall–Kier alpha value is -2.11. The summed E-state index contributed by atoms with van der Waals surface area (Å²) in [5.41, 5.74) is 5.35. The number of non-ortho nitro benzene ring substituents is 1. The predicted molar refractivity (Wildman–Crippen MR) is 48.8 cm³/mol. The summed E-state index contributed by atoms with van der Waals surface area (Å²) in [5.74, 6) is -0.478. The van der Waals surface area contributed by atoms with E-state index in [1.54, 1.807) is 0 Å². The van der Waals surface area contributed by atoms with Crippen molar-refractivity contribution in [3.8, 4) is 5.75 Å². The third-order valence-electron chi connectivity index (χ3n) is 1.39. The second-order valence-electron chi connectivity index (χ2n) is 2.61. The minimum atomic E-state index is -0.608. The van der Waals surface area contributed by atoms with E-state index >= 15 is 0 Å². The molecular weight excluding hydrogens is 188 g/mol. The summed E-state index contributed by atoms with van der Waals surface area (Å²) in [6, 6.07) is 3.67. The monoisotopic (exact) mass is 196 g/mol. The van der Waals surface area contributed by atoms with Crippen molar-refractivity contribution in [2.24, 2.45) is 0 Å². The molecule has 0 spiro atoms. The van der Waals surface area contributed by atoms with Gasteiger partial charge in [0, 0.05) is 24.7 Å². The first-order valence-electron chi connectivity index (χ1n) is 3.72. The quantitative estimate of drug-likeness (QED) is 0.251. The minimum Gasteiger partial charge on any atom is -0.426 e. The number of nitro groups is 1. The van der Waals surface area contributed by atoms with Crippen molar-refractivity contribution in [3.05, 3.63) is 28.3 Å². The molecule has 1 aromatic carbocycles. The van der Waals surface area contributed by atoms with E-state index in [2.05, 4.69) is 4.74 Å². The van der Waals surface area contributed by atoms with E-state index in [4.69, 9.17) is 5.73 Å². The van der Waals surface area contributed by atoms with Crippen LogP contribution < -0.4 is 10.5 Å². The largest absolute Gasteiger partial charge is 0.426 e. The molecule has 0 amide bonds. The lowest BCUT2D eigenvalue weighted by molar-refractivity contribution is -0.384. The molecule has 0 atom stereocenters. The zero-order valence-corrected chi connectivity index (χ0v) is 7.39. The average molecular weight is 196 g/mol. The molecule has 14 heavy (non-hydrogen) atoms. The number of carbonyl (C=O) groups excluding carboxylic acids is 1. The highest BCUT2D eigenvalue weighted by molar-refractivity contribution is 5.70. The molecule has 0 saturated carbocycles. The number of benzene rings is 1. The first-order valence-corrected chi connectivity index (χ1v) is 3.72. The lowest BCUT2D eigenvalue weighted by Crippen LogP contribution is -2.02. The summed E-state index contributed by atoms with van der Waals surface area (Å²) in [6.45, 7) is 1.20. The van der Waals surface area contributed by atoms with Gasteiger partial charge in [-0.2, -0.15) is 0 Å². The van der Waals surface area contributed by atoms with Gasteiger partial charge in [-0.25, -0.2) is 0 Å². The Morgan fingerprint density at radius 3 is 2.64 bits per heavy atom. The van der Waals surface area contributed by atoms with Crippen molar-refractivity contribution < 1.29 is 14.5 Å². The summed E-state index contributed by atoms with van der Waals surface area (Å²) >= 11 is 0. The predicted octanol–water partition coefficient (Wildman–Crippen LogP) is 1.10. The maximum Gasteiger partial charge on any atom is 0.308 e. The Balaban J connectivity index is 3.07. The van der Waals surface area contributed by atoms with Gasteiger partial charge in [-0.05, 0) is 0 Å². The van der Waals surface area contributed by atoms with E-state index in [1.165, 1.54) is 19.1 Å². The first-order chi connectivity index (χ1) is 6.49. The smallest absolute Gasteiger partial charge is 0.308 e. The summed E-state index contributed by atoms with van der Waals surface area (Å²) < 4.78 is 4.66. The summed E-state index contributed by atoms with van der Waals surface area (Å²) in [4.78, 5) is 20.4. The summed E-state index contributed by atoms with van der Waals surface area (Å²) in [5, 5.41) is 10.4. The van der Waals surface area contributed by atoms with Crippen LogP contribution in [0.15, 0.2) is 18.2 Å². The molecule has 0 aliphatic carbocycles. The highest BCUT2D eigenvalue weighted by Crippen LogP contribution is 2.23. The van der Waals surface area contributed by atoms with Gasteiger partial charge in [0.25, 0.3) is 5.69 Å². The standard InChI is InChI=1S/C8H8N2O4/c1-5(11)14-8-3-6(9)2-7(4-8)10(12)13/h2-4H,9H2,1H3. The molecule has 0 unspecified atom stereocenters. The lowest BCUT2D eigenvalue weighted by Gasteiger charge is -2.01. The first kappa shape index (κ1) is 9.97. The van der Waals surface area contributed by atoms with E-state index in [9.17, 15) is 14.9 Å². The molecular formula is C8H8N2O4.